The molecule has 2 aliphatic rings. The van der Waals surface area contributed by atoms with Crippen LogP contribution < -0.4 is 10.1 Å². The Kier molecular flexibility index (Phi) is 17.9. The molecule has 3 rings (SSSR count). The predicted octanol–water partition coefficient (Wildman–Crippen LogP) is 2.69. The number of nitrogens with zero attached hydrogens (tertiary/aromatic N) is 1. The van der Waals surface area contributed by atoms with Crippen LogP contribution in [-0.2, 0) is 14.4 Å². The number of phenols is 1. The Labute approximate surface area is 259 Å². The number of hydrogen-bond donors (Lipinski definition) is 7. The average molecular weight is 621 g/mol. The molecule has 1 saturated carbocycles. The molecule has 1 aromatic carbocycles. The van der Waals surface area contributed by atoms with E-state index in [0.717, 1.165) is 0 Å². The highest BCUT2D eigenvalue weighted by Crippen LogP contribution is 2.32. The molecule has 6 atom stereocenters. The van der Waals surface area contributed by atoms with Crippen molar-refractivity contribution in [1.29, 1.82) is 0 Å². The van der Waals surface area contributed by atoms with Gasteiger partial charge in [0.25, 0.3) is 0 Å². The zero-order valence-electron chi connectivity index (χ0n) is 25.9. The van der Waals surface area contributed by atoms with Gasteiger partial charge in [-0.2, -0.15) is 0 Å². The molecule has 1 amide bonds. The summed E-state index contributed by atoms with van der Waals surface area (Å²) in [6.07, 6.45) is 4.56. The minimum atomic E-state index is -1.03. The third kappa shape index (κ3) is 12.6. The molecule has 12 heteroatoms. The van der Waals surface area contributed by atoms with Crippen LogP contribution in [0.15, 0.2) is 65.9 Å². The monoisotopic (exact) mass is 620 g/mol. The van der Waals surface area contributed by atoms with Crippen LogP contribution >= 0.6 is 0 Å². The Balaban J connectivity index is 0.00000182. The number of ether oxygens (including phenoxy) is 2. The second-order valence-electron chi connectivity index (χ2n) is 9.93. The summed E-state index contributed by atoms with van der Waals surface area (Å²) in [6, 6.07) is 3.85. The first-order valence-electron chi connectivity index (χ1n) is 14.5. The SMILES string of the molecule is C=C/C=C\C(=C)CO/N=C(\C)C1C[C@H](O)C(Oc2ccc(/C=C(\C)C(=O)NC3[C@H](O)CCC[C@@H]3O)cc2O)O1.CC.OCO. The number of rotatable bonds is 11. The van der Waals surface area contributed by atoms with Crippen LogP contribution in [0.4, 0.5) is 0 Å². The second-order valence-corrected chi connectivity index (χ2v) is 9.93. The van der Waals surface area contributed by atoms with Gasteiger partial charge in [-0.15, -0.1) is 0 Å². The highest BCUT2D eigenvalue weighted by molar-refractivity contribution is 5.97. The highest BCUT2D eigenvalue weighted by Gasteiger charge is 2.38. The van der Waals surface area contributed by atoms with Crippen LogP contribution in [0, 0.1) is 0 Å². The van der Waals surface area contributed by atoms with Gasteiger partial charge >= 0.3 is 0 Å². The predicted molar refractivity (Wildman–Crippen MR) is 168 cm³/mol. The van der Waals surface area contributed by atoms with Crippen molar-refractivity contribution in [2.24, 2.45) is 5.16 Å². The molecule has 1 heterocycles. The van der Waals surface area contributed by atoms with Crippen molar-refractivity contribution in [3.8, 4) is 11.5 Å². The molecule has 1 aromatic rings. The second kappa shape index (κ2) is 20.4. The van der Waals surface area contributed by atoms with Crippen molar-refractivity contribution in [2.75, 3.05) is 13.4 Å². The smallest absolute Gasteiger partial charge is 0.247 e. The summed E-state index contributed by atoms with van der Waals surface area (Å²) in [6.45, 7) is 14.2. The van der Waals surface area contributed by atoms with E-state index in [1.54, 1.807) is 44.2 Å². The summed E-state index contributed by atoms with van der Waals surface area (Å²) >= 11 is 0. The molecule has 2 fully saturated rings. The third-order valence-corrected chi connectivity index (χ3v) is 6.55. The van der Waals surface area contributed by atoms with E-state index in [0.29, 0.717) is 41.7 Å². The molecule has 1 aliphatic heterocycles. The fraction of sp³-hybridized carbons (Fsp3) is 0.500. The van der Waals surface area contributed by atoms with E-state index in [9.17, 15) is 25.2 Å². The molecule has 12 nitrogen and oxygen atoms in total. The number of aromatic hydroxyl groups is 1. The number of amides is 1. The van der Waals surface area contributed by atoms with E-state index in [1.165, 1.54) is 12.1 Å². The Bertz CT molecular complexity index is 1140. The first-order chi connectivity index (χ1) is 21.0. The van der Waals surface area contributed by atoms with E-state index >= 15 is 0 Å². The van der Waals surface area contributed by atoms with Crippen LogP contribution in [-0.4, -0.2) is 92.4 Å². The number of benzene rings is 1. The van der Waals surface area contributed by atoms with Gasteiger partial charge in [-0.25, -0.2) is 0 Å². The van der Waals surface area contributed by atoms with Gasteiger partial charge < -0.3 is 50.3 Å². The van der Waals surface area contributed by atoms with Gasteiger partial charge in [-0.1, -0.05) is 56.5 Å². The summed E-state index contributed by atoms with van der Waals surface area (Å²) < 4.78 is 11.5. The maximum atomic E-state index is 12.6. The summed E-state index contributed by atoms with van der Waals surface area (Å²) in [5.74, 6) is -0.524. The third-order valence-electron chi connectivity index (χ3n) is 6.55. The van der Waals surface area contributed by atoms with Crippen LogP contribution in [0.25, 0.3) is 6.08 Å². The van der Waals surface area contributed by atoms with Gasteiger partial charge in [0.05, 0.1) is 24.0 Å². The van der Waals surface area contributed by atoms with E-state index in [1.807, 2.05) is 13.8 Å². The summed E-state index contributed by atoms with van der Waals surface area (Å²) in [4.78, 5) is 17.9. The van der Waals surface area contributed by atoms with Crippen molar-refractivity contribution in [3.05, 3.63) is 66.3 Å². The fourth-order valence-electron chi connectivity index (χ4n) is 4.32. The van der Waals surface area contributed by atoms with Crippen molar-refractivity contribution in [2.45, 2.75) is 90.1 Å². The van der Waals surface area contributed by atoms with Crippen molar-refractivity contribution >= 4 is 17.7 Å². The molecular formula is C32H48N2O10. The number of nitrogens with one attached hydrogen (secondary N) is 1. The fourth-order valence-corrected chi connectivity index (χ4v) is 4.32. The highest BCUT2D eigenvalue weighted by atomic mass is 16.7. The van der Waals surface area contributed by atoms with Crippen LogP contribution in [0.1, 0.15) is 58.9 Å². The molecule has 0 spiro atoms. The number of allylic oxidation sites excluding steroid dienone is 2. The minimum absolute atomic E-state index is 0.101. The van der Waals surface area contributed by atoms with E-state index < -0.39 is 49.4 Å². The lowest BCUT2D eigenvalue weighted by Gasteiger charge is -2.32. The first-order valence-corrected chi connectivity index (χ1v) is 14.5. The summed E-state index contributed by atoms with van der Waals surface area (Å²) in [7, 11) is 0. The Hall–Kier alpha value is -3.52. The van der Waals surface area contributed by atoms with Gasteiger partial charge in [0.1, 0.15) is 25.6 Å². The van der Waals surface area contributed by atoms with Crippen LogP contribution in [0.3, 0.4) is 0 Å². The maximum Gasteiger partial charge on any atom is 0.247 e. The number of hydrogen-bond acceptors (Lipinski definition) is 11. The van der Waals surface area contributed by atoms with Crippen molar-refractivity contribution in [3.63, 3.8) is 0 Å². The van der Waals surface area contributed by atoms with Gasteiger partial charge in [0.15, 0.2) is 11.5 Å². The Morgan fingerprint density at radius 3 is 2.36 bits per heavy atom. The number of oxime groups is 1. The Morgan fingerprint density at radius 2 is 1.77 bits per heavy atom. The minimum Gasteiger partial charge on any atom is -0.504 e. The molecule has 44 heavy (non-hydrogen) atoms. The molecule has 1 saturated heterocycles. The number of phenolic OH excluding ortho intramolecular Hbond substituents is 1. The maximum absolute atomic E-state index is 12.6. The number of carbonyl (C=O) groups excluding carboxylic acids is 1. The summed E-state index contributed by atoms with van der Waals surface area (Å²) in [5, 5.41) is 62.1. The average Bonchev–Trinajstić information content (AvgIpc) is 3.36. The molecule has 0 aromatic heterocycles. The van der Waals surface area contributed by atoms with Gasteiger partial charge in [0, 0.05) is 12.0 Å². The lowest BCUT2D eigenvalue weighted by Crippen LogP contribution is -2.53. The van der Waals surface area contributed by atoms with Gasteiger partial charge in [-0.05, 0) is 62.5 Å². The van der Waals surface area contributed by atoms with Crippen molar-refractivity contribution < 1.29 is 49.7 Å². The quantitative estimate of drug-likeness (QED) is 0.0637. The first kappa shape index (κ1) is 38.5. The molecule has 7 N–H and O–H groups in total. The van der Waals surface area contributed by atoms with E-state index in [-0.39, 0.29) is 24.5 Å². The molecule has 1 aliphatic carbocycles. The van der Waals surface area contributed by atoms with Gasteiger partial charge in [0.2, 0.25) is 12.2 Å². The molecular weight excluding hydrogens is 572 g/mol. The van der Waals surface area contributed by atoms with Gasteiger partial charge in [-0.3, -0.25) is 4.79 Å². The lowest BCUT2D eigenvalue weighted by molar-refractivity contribution is -0.121. The molecule has 0 bridgehead atoms. The molecule has 3 unspecified atom stereocenters. The number of carbonyl (C=O) groups is 1. The molecule has 246 valence electrons. The zero-order chi connectivity index (χ0) is 33.2. The topological polar surface area (TPSA) is 191 Å². The van der Waals surface area contributed by atoms with Crippen LogP contribution in [0.5, 0.6) is 11.5 Å². The molecule has 0 radical (unpaired) electrons. The normalized spacial score (nSPS) is 25.2. The zero-order valence-corrected chi connectivity index (χ0v) is 25.9. The van der Waals surface area contributed by atoms with E-state index in [2.05, 4.69) is 23.6 Å². The summed E-state index contributed by atoms with van der Waals surface area (Å²) in [5.41, 5.74) is 2.11. The lowest BCUT2D eigenvalue weighted by atomic mass is 9.89. The van der Waals surface area contributed by atoms with Crippen molar-refractivity contribution in [1.82, 2.24) is 5.32 Å². The Morgan fingerprint density at radius 1 is 1.14 bits per heavy atom. The largest absolute Gasteiger partial charge is 0.504 e. The number of aliphatic hydroxyl groups is 5. The van der Waals surface area contributed by atoms with E-state index in [4.69, 9.17) is 24.5 Å². The number of aliphatic hydroxyl groups excluding tert-OH is 4. The standard InChI is InChI=1S/C29H38N2O8.C2H6.CH4O2/c1-5-6-8-17(2)16-37-31-19(4)26-15-24(35)29(39-26)38-25-12-11-20(14-23(25)34)13-18(3)28(36)30-27-21(32)9-7-10-22(27)33;1-2;2-1-3/h5-6,8,11-14,21-22,24,26-27,29,32-35H,1-2,7,9-10,15-16H2,3-4H3,(H,30,36);1-2H3;2-3H,1H2/b8-6-,18-13+,31-19+;;/t21-,22+,24-,26?,27?,29?;;/m0../s1. The van der Waals surface area contributed by atoms with Crippen LogP contribution in [0.2, 0.25) is 0 Å².